The van der Waals surface area contributed by atoms with E-state index in [9.17, 15) is 9.59 Å². The van der Waals surface area contributed by atoms with E-state index in [4.69, 9.17) is 14.2 Å². The van der Waals surface area contributed by atoms with E-state index in [0.717, 1.165) is 12.8 Å². The number of esters is 1. The van der Waals surface area contributed by atoms with Crippen LogP contribution in [0.2, 0.25) is 0 Å². The van der Waals surface area contributed by atoms with Crippen molar-refractivity contribution in [2.75, 3.05) is 13.2 Å². The summed E-state index contributed by atoms with van der Waals surface area (Å²) in [5.41, 5.74) is 0. The van der Waals surface area contributed by atoms with Crippen molar-refractivity contribution < 1.29 is 23.8 Å². The van der Waals surface area contributed by atoms with E-state index < -0.39 is 18.4 Å². The van der Waals surface area contributed by atoms with Crippen LogP contribution in [0.1, 0.15) is 26.2 Å². The number of carbonyl (C=O) groups is 2. The highest BCUT2D eigenvalue weighted by Gasteiger charge is 2.25. The van der Waals surface area contributed by atoms with Crippen LogP contribution in [0.15, 0.2) is 24.8 Å². The van der Waals surface area contributed by atoms with E-state index in [1.165, 1.54) is 12.2 Å². The fourth-order valence-electron chi connectivity index (χ4n) is 1.66. The second-order valence-corrected chi connectivity index (χ2v) is 4.09. The summed E-state index contributed by atoms with van der Waals surface area (Å²) in [6, 6.07) is 0. The first-order chi connectivity index (χ1) is 9.17. The van der Waals surface area contributed by atoms with Gasteiger partial charge in [0.15, 0.2) is 12.1 Å². The highest BCUT2D eigenvalue weighted by atomic mass is 16.7. The number of rotatable bonds is 8. The molecule has 5 nitrogen and oxygen atoms in total. The summed E-state index contributed by atoms with van der Waals surface area (Å²) in [5, 5.41) is 0. The number of hydrogen-bond donors (Lipinski definition) is 0. The molecule has 0 spiro atoms. The minimum atomic E-state index is -0.671. The Labute approximate surface area is 113 Å². The zero-order valence-corrected chi connectivity index (χ0v) is 11.2. The van der Waals surface area contributed by atoms with E-state index in [1.54, 1.807) is 13.0 Å². The third kappa shape index (κ3) is 5.81. The predicted octanol–water partition coefficient (Wildman–Crippen LogP) is 1.77. The Morgan fingerprint density at radius 3 is 3.05 bits per heavy atom. The molecule has 5 heteroatoms. The first kappa shape index (κ1) is 15.6. The van der Waals surface area contributed by atoms with Gasteiger partial charge in [0.1, 0.15) is 12.7 Å². The molecule has 0 saturated carbocycles. The molecule has 1 unspecified atom stereocenters. The summed E-state index contributed by atoms with van der Waals surface area (Å²) < 4.78 is 15.4. The maximum atomic E-state index is 11.6. The molecule has 0 saturated heterocycles. The second kappa shape index (κ2) is 8.61. The third-order valence-electron chi connectivity index (χ3n) is 2.58. The van der Waals surface area contributed by atoms with Gasteiger partial charge in [0.2, 0.25) is 0 Å². The number of ketones is 1. The molecule has 0 radical (unpaired) electrons. The Morgan fingerprint density at radius 1 is 1.58 bits per heavy atom. The molecule has 106 valence electrons. The summed E-state index contributed by atoms with van der Waals surface area (Å²) in [6.45, 7) is 5.48. The zero-order valence-electron chi connectivity index (χ0n) is 11.2. The van der Waals surface area contributed by atoms with Gasteiger partial charge >= 0.3 is 5.97 Å². The molecule has 1 heterocycles. The van der Waals surface area contributed by atoms with E-state index in [2.05, 4.69) is 6.58 Å². The summed E-state index contributed by atoms with van der Waals surface area (Å²) in [7, 11) is 0. The minimum Gasteiger partial charge on any atom is -0.464 e. The fourth-order valence-corrected chi connectivity index (χ4v) is 1.66. The molecule has 0 aromatic carbocycles. The standard InChI is InChI=1S/C14H20O5/c1-3-5-6-7-12-11(15)8-9-14(19-12)18-10-13(16)17-4-2/h3,8-9,12,14H,1,4-7,10H2,2H3/t12-,14?/m0/s1. The summed E-state index contributed by atoms with van der Waals surface area (Å²) in [4.78, 5) is 22.7. The quantitative estimate of drug-likeness (QED) is 0.381. The van der Waals surface area contributed by atoms with Gasteiger partial charge in [-0.25, -0.2) is 4.79 Å². The van der Waals surface area contributed by atoms with Gasteiger partial charge in [0.05, 0.1) is 6.61 Å². The van der Waals surface area contributed by atoms with Crippen molar-refractivity contribution in [3.63, 3.8) is 0 Å². The smallest absolute Gasteiger partial charge is 0.332 e. The van der Waals surface area contributed by atoms with Gasteiger partial charge in [-0.1, -0.05) is 6.08 Å². The Balaban J connectivity index is 2.36. The lowest BCUT2D eigenvalue weighted by Gasteiger charge is -2.24. The molecule has 2 atom stereocenters. The van der Waals surface area contributed by atoms with Crippen LogP contribution in [0, 0.1) is 0 Å². The number of hydrogen-bond acceptors (Lipinski definition) is 5. The molecule has 0 aromatic heterocycles. The van der Waals surface area contributed by atoms with Crippen LogP contribution in [0.4, 0.5) is 0 Å². The number of carbonyl (C=O) groups excluding carboxylic acids is 2. The van der Waals surface area contributed by atoms with Crippen LogP contribution in [0.25, 0.3) is 0 Å². The largest absolute Gasteiger partial charge is 0.464 e. The van der Waals surface area contributed by atoms with Gasteiger partial charge in [-0.2, -0.15) is 0 Å². The van der Waals surface area contributed by atoms with Crippen molar-refractivity contribution in [1.29, 1.82) is 0 Å². The molecule has 0 amide bonds. The van der Waals surface area contributed by atoms with Crippen LogP contribution in [-0.4, -0.2) is 37.4 Å². The van der Waals surface area contributed by atoms with E-state index in [0.29, 0.717) is 13.0 Å². The average Bonchev–Trinajstić information content (AvgIpc) is 2.40. The van der Waals surface area contributed by atoms with Gasteiger partial charge in [-0.3, -0.25) is 4.79 Å². The molecule has 1 aliphatic rings. The summed E-state index contributed by atoms with van der Waals surface area (Å²) >= 11 is 0. The van der Waals surface area contributed by atoms with Crippen molar-refractivity contribution in [2.45, 2.75) is 38.6 Å². The Hall–Kier alpha value is -1.46. The first-order valence-electron chi connectivity index (χ1n) is 6.43. The van der Waals surface area contributed by atoms with Gasteiger partial charge in [-0.15, -0.1) is 6.58 Å². The molecule has 0 bridgehead atoms. The summed E-state index contributed by atoms with van der Waals surface area (Å²) in [6.07, 6.45) is 5.87. The summed E-state index contributed by atoms with van der Waals surface area (Å²) in [5.74, 6) is -0.514. The first-order valence-corrected chi connectivity index (χ1v) is 6.43. The molecule has 0 fully saturated rings. The van der Waals surface area contributed by atoms with Crippen molar-refractivity contribution in [2.24, 2.45) is 0 Å². The lowest BCUT2D eigenvalue weighted by atomic mass is 10.1. The van der Waals surface area contributed by atoms with Crippen molar-refractivity contribution >= 4 is 11.8 Å². The number of ether oxygens (including phenoxy) is 3. The van der Waals surface area contributed by atoms with Gasteiger partial charge in [0.25, 0.3) is 0 Å². The van der Waals surface area contributed by atoms with Gasteiger partial charge < -0.3 is 14.2 Å². The SMILES string of the molecule is C=CCCC[C@@H]1OC(OCC(=O)OCC)C=CC1=O. The van der Waals surface area contributed by atoms with Crippen molar-refractivity contribution in [1.82, 2.24) is 0 Å². The highest BCUT2D eigenvalue weighted by Crippen LogP contribution is 2.16. The van der Waals surface area contributed by atoms with Crippen LogP contribution in [0.3, 0.4) is 0 Å². The predicted molar refractivity (Wildman–Crippen MR) is 69.4 cm³/mol. The van der Waals surface area contributed by atoms with Crippen molar-refractivity contribution in [3.05, 3.63) is 24.8 Å². The Morgan fingerprint density at radius 2 is 2.37 bits per heavy atom. The van der Waals surface area contributed by atoms with Gasteiger partial charge in [-0.05, 0) is 38.3 Å². The molecule has 0 N–H and O–H groups in total. The lowest BCUT2D eigenvalue weighted by Crippen LogP contribution is -2.34. The van der Waals surface area contributed by atoms with Crippen molar-refractivity contribution in [3.8, 4) is 0 Å². The number of allylic oxidation sites excluding steroid dienone is 1. The fraction of sp³-hybridized carbons (Fsp3) is 0.571. The van der Waals surface area contributed by atoms with Crippen LogP contribution >= 0.6 is 0 Å². The highest BCUT2D eigenvalue weighted by molar-refractivity contribution is 5.94. The molecular formula is C14H20O5. The minimum absolute atomic E-state index is 0.0694. The monoisotopic (exact) mass is 268 g/mol. The maximum Gasteiger partial charge on any atom is 0.332 e. The van der Waals surface area contributed by atoms with Crippen LogP contribution in [0.5, 0.6) is 0 Å². The molecule has 1 aliphatic heterocycles. The molecular weight excluding hydrogens is 248 g/mol. The molecule has 0 aliphatic carbocycles. The number of unbranched alkanes of at least 4 members (excludes halogenated alkanes) is 1. The molecule has 1 rings (SSSR count). The lowest BCUT2D eigenvalue weighted by molar-refractivity contribution is -0.177. The third-order valence-corrected chi connectivity index (χ3v) is 2.58. The maximum absolute atomic E-state index is 11.6. The Kier molecular flexibility index (Phi) is 7.07. The normalized spacial score (nSPS) is 22.3. The second-order valence-electron chi connectivity index (χ2n) is 4.09. The van der Waals surface area contributed by atoms with Gasteiger partial charge in [0, 0.05) is 0 Å². The van der Waals surface area contributed by atoms with E-state index >= 15 is 0 Å². The molecule has 0 aromatic rings. The van der Waals surface area contributed by atoms with Crippen LogP contribution in [-0.2, 0) is 23.8 Å². The van der Waals surface area contributed by atoms with E-state index in [1.807, 2.05) is 0 Å². The van der Waals surface area contributed by atoms with E-state index in [-0.39, 0.29) is 12.4 Å². The topological polar surface area (TPSA) is 61.8 Å². The zero-order chi connectivity index (χ0) is 14.1. The average molecular weight is 268 g/mol. The molecule has 19 heavy (non-hydrogen) atoms. The van der Waals surface area contributed by atoms with Crippen LogP contribution < -0.4 is 0 Å². The Bertz CT molecular complexity index is 348.